The van der Waals surface area contributed by atoms with Gasteiger partial charge < -0.3 is 25.3 Å². The summed E-state index contributed by atoms with van der Waals surface area (Å²) in [5.41, 5.74) is -2.51. The first kappa shape index (κ1) is 66.0. The summed E-state index contributed by atoms with van der Waals surface area (Å²) in [4.78, 5) is 73.3. The van der Waals surface area contributed by atoms with Crippen molar-refractivity contribution in [2.24, 2.45) is 16.2 Å². The lowest BCUT2D eigenvalue weighted by atomic mass is 9.32. The number of sulfone groups is 1. The number of nitrogens with zero attached hydrogens (tertiary/aromatic N) is 5. The Hall–Kier alpha value is -6.45. The number of carbonyl (C=O) groups excluding carboxylic acids is 5. The van der Waals surface area contributed by atoms with Gasteiger partial charge in [-0.1, -0.05) is 55.7 Å². The Morgan fingerprint density at radius 1 is 0.758 bits per heavy atom. The van der Waals surface area contributed by atoms with Crippen molar-refractivity contribution in [1.29, 1.82) is 0 Å². The second-order valence-electron chi connectivity index (χ2n) is 26.3. The van der Waals surface area contributed by atoms with Crippen molar-refractivity contribution in [2.45, 2.75) is 130 Å². The van der Waals surface area contributed by atoms with Crippen LogP contribution in [0.4, 0.5) is 39.0 Å². The summed E-state index contributed by atoms with van der Waals surface area (Å²) in [7, 11) is -11.1. The molecule has 0 radical (unpaired) electrons. The number of sulfonamides is 1. The van der Waals surface area contributed by atoms with E-state index in [9.17, 15) is 62.8 Å². The number of nitrogens with one attached hydrogen (secondary N) is 4. The molecule has 2 bridgehead atoms. The first-order valence-electron chi connectivity index (χ1n) is 31.3. The molecule has 3 saturated heterocycles. The number of allylic oxidation sites excluding steroid dienone is 1. The second-order valence-corrected chi connectivity index (χ2v) is 31.0. The Kier molecular flexibility index (Phi) is 19.2. The highest BCUT2D eigenvalue weighted by molar-refractivity contribution is 7.99. The van der Waals surface area contributed by atoms with Crippen LogP contribution in [0.1, 0.15) is 122 Å². The molecule has 4 aromatic rings. The summed E-state index contributed by atoms with van der Waals surface area (Å²) in [5.74, 6) is -3.02. The van der Waals surface area contributed by atoms with Crippen molar-refractivity contribution < 1.29 is 62.8 Å². The van der Waals surface area contributed by atoms with E-state index in [4.69, 9.17) is 0 Å². The van der Waals surface area contributed by atoms with Gasteiger partial charge in [-0.3, -0.25) is 39.1 Å². The van der Waals surface area contributed by atoms with Crippen molar-refractivity contribution in [2.75, 3.05) is 99.8 Å². The number of rotatable bonds is 25. The van der Waals surface area contributed by atoms with Gasteiger partial charge in [-0.2, -0.15) is 13.2 Å². The number of piperidine rings is 1. The first-order chi connectivity index (χ1) is 43.2. The van der Waals surface area contributed by atoms with Crippen molar-refractivity contribution in [3.63, 3.8) is 0 Å². The maximum Gasteiger partial charge on any atom is 0.501 e. The molecule has 0 aromatic heterocycles. The molecule has 2 atom stereocenters. The minimum Gasteiger partial charge on any atom is -0.384 e. The van der Waals surface area contributed by atoms with E-state index in [1.54, 1.807) is 30.3 Å². The van der Waals surface area contributed by atoms with Crippen LogP contribution in [-0.2, 0) is 29.4 Å². The van der Waals surface area contributed by atoms with E-state index in [1.807, 2.05) is 35.1 Å². The third-order valence-corrected chi connectivity index (χ3v) is 23.5. The number of fused-ring (bicyclic) bond motifs is 1. The normalized spacial score (nSPS) is 23.6. The molecule has 3 saturated carbocycles. The van der Waals surface area contributed by atoms with Crippen LogP contribution in [0.25, 0.3) is 0 Å². The lowest BCUT2D eigenvalue weighted by Gasteiger charge is -2.72. The fourth-order valence-corrected chi connectivity index (χ4v) is 17.4. The van der Waals surface area contributed by atoms with E-state index in [0.717, 1.165) is 105 Å². The summed E-state index contributed by atoms with van der Waals surface area (Å²) in [6.07, 6.45) is 5.45. The zero-order chi connectivity index (χ0) is 64.7. The summed E-state index contributed by atoms with van der Waals surface area (Å²) in [6, 6.07) is 21.3. The maximum absolute atomic E-state index is 14.5. The summed E-state index contributed by atoms with van der Waals surface area (Å²) in [6.45, 7) is 13.0. The fraction of sp³-hybridized carbons (Fsp3) is 0.523. The molecule has 4 aliphatic heterocycles. The quantitative estimate of drug-likeness (QED) is 0.0160. The lowest BCUT2D eigenvalue weighted by Crippen LogP contribution is -2.66. The predicted octanol–water partition coefficient (Wildman–Crippen LogP) is 9.43. The van der Waals surface area contributed by atoms with Gasteiger partial charge in [-0.25, -0.2) is 30.3 Å². The zero-order valence-electron chi connectivity index (χ0n) is 51.1. The zero-order valence-corrected chi connectivity index (χ0v) is 53.5. The number of imide groups is 2. The highest BCUT2D eigenvalue weighted by Gasteiger charge is 2.73. The number of benzene rings is 4. The van der Waals surface area contributed by atoms with Gasteiger partial charge in [0.15, 0.2) is 0 Å². The van der Waals surface area contributed by atoms with E-state index in [0.29, 0.717) is 82.5 Å². The number of anilines is 3. The highest BCUT2D eigenvalue weighted by atomic mass is 32.2. The highest BCUT2D eigenvalue weighted by Crippen LogP contribution is 2.79. The molecule has 6 fully saturated rings. The van der Waals surface area contributed by atoms with Gasteiger partial charge in [0.05, 0.1) is 21.7 Å². The summed E-state index contributed by atoms with van der Waals surface area (Å²) < 4.78 is 127. The largest absolute Gasteiger partial charge is 0.501 e. The molecule has 4 aliphatic carbocycles. The molecule has 26 heteroatoms. The fourth-order valence-electron chi connectivity index (χ4n) is 14.3. The average molecular weight is 1320 g/mol. The standard InChI is InChI=1S/C65H78F5N9O9S3/c1-62(2)24-22-44(50(37-62)63-40-64(41-63,42-63)61(66)67)38-77-32-34-78(35-33-77)46-16-14-43(15-17-46)57(81)74-91(87,88)48-18-19-51(54(36-48)90(85,86)65(68,69)70)72-45(39-89-47-10-5-3-6-11-47)23-27-76-30-28-75(29-31-76)26-8-4-7-25-71-52-13-9-12-49-56(52)60(84)79(59(49)83)53-20-21-55(80)73-58(53)82/h3,5-6,9-19,36,45,53,61,71-72H,4,7-8,20-35,37-42H2,1-2H3,(H,74,81)(H,73,80,82)/t45-,53?,63?,64?/m1/s1. The van der Waals surface area contributed by atoms with Crippen LogP contribution in [0.3, 0.4) is 0 Å². The molecule has 1 unspecified atom stereocenters. The first-order valence-corrected chi connectivity index (χ1v) is 35.3. The molecule has 0 spiro atoms. The third-order valence-electron chi connectivity index (χ3n) is 19.5. The number of hydrogen-bond acceptors (Lipinski definition) is 16. The molecular weight excluding hydrogens is 1240 g/mol. The van der Waals surface area contributed by atoms with E-state index >= 15 is 0 Å². The Labute approximate surface area is 532 Å². The van der Waals surface area contributed by atoms with E-state index < -0.39 is 94.3 Å². The molecule has 4 heterocycles. The number of thioether (sulfide) groups is 1. The smallest absolute Gasteiger partial charge is 0.384 e. The van der Waals surface area contributed by atoms with Gasteiger partial charge in [0.1, 0.15) is 10.9 Å². The van der Waals surface area contributed by atoms with E-state index in [1.165, 1.54) is 35.0 Å². The van der Waals surface area contributed by atoms with Crippen LogP contribution in [0.5, 0.6) is 0 Å². The SMILES string of the molecule is CC1(C)CCC(CN2CCN(c3ccc(C(=O)NS(=O)(=O)c4ccc(N[C@H](CCN5CCN(CCCCCNc6cccc7c6C(=O)N(C6CCC(=O)NC6=O)C7=O)CC5)CSc5ccccc5)c(S(=O)(=O)C(F)(F)F)c4)cc3)CC2)=C(C23CC(C(F)F)(C2)C3)C1. The van der Waals surface area contributed by atoms with Gasteiger partial charge >= 0.3 is 5.51 Å². The van der Waals surface area contributed by atoms with Gasteiger partial charge in [0.2, 0.25) is 18.2 Å². The van der Waals surface area contributed by atoms with Crippen LogP contribution in [-0.4, -0.2) is 174 Å². The van der Waals surface area contributed by atoms with Crippen LogP contribution in [0, 0.1) is 16.2 Å². The number of alkyl halides is 5. The van der Waals surface area contributed by atoms with Crippen LogP contribution in [0.15, 0.2) is 117 Å². The van der Waals surface area contributed by atoms with Crippen molar-refractivity contribution in [3.8, 4) is 0 Å². The lowest BCUT2D eigenvalue weighted by molar-refractivity contribution is -0.250. The number of carbonyl (C=O) groups is 5. The molecule has 8 aliphatic rings. The Morgan fingerprint density at radius 2 is 1.44 bits per heavy atom. The Morgan fingerprint density at radius 3 is 2.11 bits per heavy atom. The van der Waals surface area contributed by atoms with Gasteiger partial charge in [-0.15, -0.1) is 11.8 Å². The van der Waals surface area contributed by atoms with Crippen molar-refractivity contribution in [1.82, 2.24) is 29.6 Å². The molecule has 18 nitrogen and oxygen atoms in total. The number of amides is 5. The number of halogens is 5. The summed E-state index contributed by atoms with van der Waals surface area (Å²) in [5, 5.41) is 8.54. The van der Waals surface area contributed by atoms with Gasteiger partial charge in [0.25, 0.3) is 37.6 Å². The average Bonchev–Trinajstić information content (AvgIpc) is 1.16. The summed E-state index contributed by atoms with van der Waals surface area (Å²) >= 11 is 1.42. The number of piperazine rings is 2. The number of unbranched alkanes of at least 4 members (excludes halogenated alkanes) is 2. The van der Waals surface area contributed by atoms with Crippen LogP contribution < -0.4 is 25.6 Å². The van der Waals surface area contributed by atoms with E-state index in [2.05, 4.69) is 49.4 Å². The Bertz CT molecular complexity index is 3670. The third kappa shape index (κ3) is 14.2. The molecule has 5 amide bonds. The van der Waals surface area contributed by atoms with Gasteiger partial charge in [-0.05, 0) is 148 Å². The topological polar surface area (TPSA) is 218 Å². The minimum absolute atomic E-state index is 0.0274. The monoisotopic (exact) mass is 1320 g/mol. The number of hydrogen-bond donors (Lipinski definition) is 4. The maximum atomic E-state index is 14.5. The molecule has 4 N–H and O–H groups in total. The predicted molar refractivity (Wildman–Crippen MR) is 336 cm³/mol. The van der Waals surface area contributed by atoms with Crippen LogP contribution >= 0.6 is 11.8 Å². The Balaban J connectivity index is 0.667. The molecule has 4 aromatic carbocycles. The van der Waals surface area contributed by atoms with Crippen molar-refractivity contribution in [3.05, 3.63) is 119 Å². The van der Waals surface area contributed by atoms with Gasteiger partial charge in [0, 0.05) is 117 Å². The second kappa shape index (κ2) is 26.5. The molecular formula is C65H78F5N9O9S3. The minimum atomic E-state index is -6.15. The van der Waals surface area contributed by atoms with Crippen LogP contribution in [0.2, 0.25) is 0 Å². The molecule has 490 valence electrons. The molecule has 12 rings (SSSR count). The van der Waals surface area contributed by atoms with Crippen molar-refractivity contribution >= 4 is 78.2 Å². The molecule has 91 heavy (non-hydrogen) atoms. The van der Waals surface area contributed by atoms with E-state index in [-0.39, 0.29) is 40.4 Å².